The van der Waals surface area contributed by atoms with Crippen molar-refractivity contribution in [2.45, 2.75) is 50.5 Å². The van der Waals surface area contributed by atoms with Crippen LogP contribution < -0.4 is 27.7 Å². The summed E-state index contributed by atoms with van der Waals surface area (Å²) in [6, 6.07) is 6.87. The van der Waals surface area contributed by atoms with Gasteiger partial charge in [-0.3, -0.25) is 9.79 Å². The zero-order chi connectivity index (χ0) is 29.1. The summed E-state index contributed by atoms with van der Waals surface area (Å²) in [6.07, 6.45) is 4.58. The molecule has 0 saturated heterocycles. The van der Waals surface area contributed by atoms with E-state index >= 15 is 0 Å². The number of methoxy groups -OCH3 is 1. The molecule has 0 unspecified atom stereocenters. The van der Waals surface area contributed by atoms with Crippen molar-refractivity contribution in [3.8, 4) is 17.1 Å². The Kier molecular flexibility index (Phi) is 8.01. The standard InChI is InChI=1S/C27H34N10O4/c1-40-19-6-2-4-16-12-18(35-20(16)19)21-22-23(29)33-13-34-37(22)24(36-21)14-7-9-15(10-8-14)25(38)41-26(39)17(28)5-3-11-32-27(30)31/h2,4,6,12-15,17,35H,3,5,7-11,28H2,1H3,(H2,29,33,34)(H4,30,31,32)/t14?,15?,17-/m0/s1. The van der Waals surface area contributed by atoms with Crippen molar-refractivity contribution in [3.05, 3.63) is 36.4 Å². The minimum atomic E-state index is -0.922. The normalized spacial score (nSPS) is 17.8. The Bertz CT molecular complexity index is 1600. The van der Waals surface area contributed by atoms with Gasteiger partial charge >= 0.3 is 11.9 Å². The van der Waals surface area contributed by atoms with Crippen molar-refractivity contribution in [2.75, 3.05) is 19.4 Å². The molecule has 3 aromatic heterocycles. The number of guanidine groups is 1. The van der Waals surface area contributed by atoms with Crippen LogP contribution in [-0.2, 0) is 14.3 Å². The molecule has 0 aliphatic heterocycles. The second-order valence-electron chi connectivity index (χ2n) is 10.2. The van der Waals surface area contributed by atoms with Gasteiger partial charge in [-0.2, -0.15) is 5.10 Å². The van der Waals surface area contributed by atoms with E-state index in [9.17, 15) is 9.59 Å². The third-order valence-corrected chi connectivity index (χ3v) is 7.48. The maximum absolute atomic E-state index is 12.7. The van der Waals surface area contributed by atoms with Crippen LogP contribution in [0.25, 0.3) is 27.8 Å². The molecule has 1 fully saturated rings. The summed E-state index contributed by atoms with van der Waals surface area (Å²) in [6.45, 7) is 0.344. The summed E-state index contributed by atoms with van der Waals surface area (Å²) < 4.78 is 12.3. The topological polar surface area (TPSA) is 228 Å². The van der Waals surface area contributed by atoms with Gasteiger partial charge in [0.05, 0.1) is 24.2 Å². The predicted molar refractivity (Wildman–Crippen MR) is 153 cm³/mol. The Balaban J connectivity index is 1.29. The van der Waals surface area contributed by atoms with E-state index in [0.29, 0.717) is 62.1 Å². The van der Waals surface area contributed by atoms with Crippen LogP contribution in [0.1, 0.15) is 50.3 Å². The molecule has 3 heterocycles. The molecule has 1 aliphatic rings. The second-order valence-corrected chi connectivity index (χ2v) is 10.2. The molecular formula is C27H34N10O4. The summed E-state index contributed by atoms with van der Waals surface area (Å²) in [5.74, 6) is 0.0503. The van der Waals surface area contributed by atoms with E-state index in [1.54, 1.807) is 11.6 Å². The van der Waals surface area contributed by atoms with Crippen molar-refractivity contribution in [2.24, 2.45) is 28.1 Å². The number of fused-ring (bicyclic) bond motifs is 2. The lowest BCUT2D eigenvalue weighted by atomic mass is 9.81. The maximum Gasteiger partial charge on any atom is 0.330 e. The van der Waals surface area contributed by atoms with Crippen LogP contribution >= 0.6 is 0 Å². The molecule has 1 aliphatic carbocycles. The minimum absolute atomic E-state index is 0.0157. The summed E-state index contributed by atoms with van der Waals surface area (Å²) >= 11 is 0. The van der Waals surface area contributed by atoms with E-state index in [0.717, 1.165) is 28.2 Å². The number of H-pyrrole nitrogens is 1. The van der Waals surface area contributed by atoms with Crippen LogP contribution in [-0.4, -0.2) is 62.2 Å². The zero-order valence-corrected chi connectivity index (χ0v) is 22.7. The number of aromatic amines is 1. The molecule has 14 nitrogen and oxygen atoms in total. The molecule has 14 heteroatoms. The largest absolute Gasteiger partial charge is 0.495 e. The number of hydrogen-bond acceptors (Lipinski definition) is 10. The number of ether oxygens (including phenoxy) is 2. The first-order valence-corrected chi connectivity index (χ1v) is 13.5. The Morgan fingerprint density at radius 3 is 2.73 bits per heavy atom. The molecule has 1 atom stereocenters. The van der Waals surface area contributed by atoms with Crippen LogP contribution in [0.3, 0.4) is 0 Å². The van der Waals surface area contributed by atoms with E-state index in [1.165, 1.54) is 6.33 Å². The van der Waals surface area contributed by atoms with Crippen molar-refractivity contribution in [1.82, 2.24) is 24.6 Å². The van der Waals surface area contributed by atoms with Crippen molar-refractivity contribution in [1.29, 1.82) is 0 Å². The molecular weight excluding hydrogens is 528 g/mol. The molecule has 0 amide bonds. The van der Waals surface area contributed by atoms with Gasteiger partial charge < -0.3 is 37.4 Å². The number of rotatable bonds is 9. The number of anilines is 1. The van der Waals surface area contributed by atoms with Gasteiger partial charge in [0.15, 0.2) is 11.8 Å². The van der Waals surface area contributed by atoms with Gasteiger partial charge in [-0.1, -0.05) is 12.1 Å². The molecule has 0 spiro atoms. The Labute approximate surface area is 235 Å². The number of nitrogen functional groups attached to an aromatic ring is 1. The average molecular weight is 563 g/mol. The first kappa shape index (κ1) is 27.8. The number of nitrogens with two attached hydrogens (primary N) is 4. The lowest BCUT2D eigenvalue weighted by Crippen LogP contribution is -2.36. The highest BCUT2D eigenvalue weighted by Crippen LogP contribution is 2.39. The smallest absolute Gasteiger partial charge is 0.330 e. The Hall–Kier alpha value is -4.72. The predicted octanol–water partition coefficient (Wildman–Crippen LogP) is 1.59. The highest BCUT2D eigenvalue weighted by atomic mass is 16.6. The van der Waals surface area contributed by atoms with Gasteiger partial charge in [0.2, 0.25) is 0 Å². The number of carbonyl (C=O) groups excluding carboxylic acids is 2. The fourth-order valence-corrected chi connectivity index (χ4v) is 5.34. The average Bonchev–Trinajstić information content (AvgIpc) is 3.58. The van der Waals surface area contributed by atoms with Crippen molar-refractivity contribution >= 4 is 40.1 Å². The number of carbonyl (C=O) groups is 2. The van der Waals surface area contributed by atoms with E-state index in [1.807, 2.05) is 24.3 Å². The Morgan fingerprint density at radius 2 is 2.00 bits per heavy atom. The number of aliphatic imine (C=N–C) groups is 1. The van der Waals surface area contributed by atoms with Gasteiger partial charge in [-0.25, -0.2) is 19.3 Å². The molecule has 1 saturated carbocycles. The molecule has 4 aromatic rings. The number of hydrogen-bond donors (Lipinski definition) is 5. The molecule has 5 rings (SSSR count). The summed E-state index contributed by atoms with van der Waals surface area (Å²) in [5, 5.41) is 5.43. The number of esters is 2. The first-order chi connectivity index (χ1) is 19.8. The van der Waals surface area contributed by atoms with Crippen molar-refractivity contribution in [3.63, 3.8) is 0 Å². The lowest BCUT2D eigenvalue weighted by Gasteiger charge is -2.26. The maximum atomic E-state index is 12.7. The third-order valence-electron chi connectivity index (χ3n) is 7.48. The van der Waals surface area contributed by atoms with Crippen LogP contribution in [0.4, 0.5) is 5.82 Å². The van der Waals surface area contributed by atoms with Gasteiger partial charge in [0.25, 0.3) is 0 Å². The van der Waals surface area contributed by atoms with Gasteiger partial charge in [0, 0.05) is 17.8 Å². The number of nitrogens with zero attached hydrogens (tertiary/aromatic N) is 5. The van der Waals surface area contributed by atoms with E-state index in [-0.39, 0.29) is 11.9 Å². The highest BCUT2D eigenvalue weighted by molar-refractivity contribution is 5.94. The van der Waals surface area contributed by atoms with Gasteiger partial charge in [0.1, 0.15) is 35.2 Å². The number of nitrogens with one attached hydrogen (secondary N) is 1. The van der Waals surface area contributed by atoms with E-state index < -0.39 is 23.9 Å². The highest BCUT2D eigenvalue weighted by Gasteiger charge is 2.33. The molecule has 0 bridgehead atoms. The quantitative estimate of drug-likeness (QED) is 0.0646. The number of para-hydroxylation sites is 1. The number of aromatic nitrogens is 5. The van der Waals surface area contributed by atoms with E-state index in [4.69, 9.17) is 37.4 Å². The molecule has 1 aromatic carbocycles. The van der Waals surface area contributed by atoms with Crippen molar-refractivity contribution < 1.29 is 19.1 Å². The van der Waals surface area contributed by atoms with Crippen LogP contribution in [0, 0.1) is 5.92 Å². The minimum Gasteiger partial charge on any atom is -0.495 e. The van der Waals surface area contributed by atoms with Crippen LogP contribution in [0.15, 0.2) is 35.6 Å². The summed E-state index contributed by atoms with van der Waals surface area (Å²) in [4.78, 5) is 41.5. The number of benzene rings is 1. The van der Waals surface area contributed by atoms with Crippen LogP contribution in [0.2, 0.25) is 0 Å². The SMILES string of the molecule is COc1cccc2cc(-c3nc(C4CCC(C(=O)OC(=O)[C@@H](N)CCCN=C(N)N)CC4)n4ncnc(N)c34)[nH]c12. The summed E-state index contributed by atoms with van der Waals surface area (Å²) in [5.41, 5.74) is 25.6. The first-order valence-electron chi connectivity index (χ1n) is 13.5. The van der Waals surface area contributed by atoms with Crippen LogP contribution in [0.5, 0.6) is 5.75 Å². The monoisotopic (exact) mass is 562 g/mol. The summed E-state index contributed by atoms with van der Waals surface area (Å²) in [7, 11) is 1.62. The second kappa shape index (κ2) is 11.8. The molecule has 216 valence electrons. The molecule has 9 N–H and O–H groups in total. The molecule has 41 heavy (non-hydrogen) atoms. The van der Waals surface area contributed by atoms with E-state index in [2.05, 4.69) is 20.1 Å². The third kappa shape index (κ3) is 5.77. The van der Waals surface area contributed by atoms with Gasteiger partial charge in [-0.05, 0) is 50.7 Å². The zero-order valence-electron chi connectivity index (χ0n) is 22.7. The number of imidazole rings is 1. The molecule has 0 radical (unpaired) electrons. The fourth-order valence-electron chi connectivity index (χ4n) is 5.34. The lowest BCUT2D eigenvalue weighted by molar-refractivity contribution is -0.164. The fraction of sp³-hybridized carbons (Fsp3) is 0.407. The Morgan fingerprint density at radius 1 is 1.22 bits per heavy atom. The van der Waals surface area contributed by atoms with Gasteiger partial charge in [-0.15, -0.1) is 0 Å².